The second-order valence-corrected chi connectivity index (χ2v) is 5.39. The third-order valence-corrected chi connectivity index (χ3v) is 3.74. The minimum absolute atomic E-state index is 0.0262. The molecule has 23 heavy (non-hydrogen) atoms. The summed E-state index contributed by atoms with van der Waals surface area (Å²) in [6, 6.07) is 3.00. The zero-order chi connectivity index (χ0) is 17.6. The Balaban J connectivity index is 2.72. The molecule has 0 heterocycles. The summed E-state index contributed by atoms with van der Waals surface area (Å²) in [5.74, 6) is -0.852. The Kier molecular flexibility index (Phi) is 6.68. The summed E-state index contributed by atoms with van der Waals surface area (Å²) in [4.78, 5) is 34.1. The molecule has 0 saturated carbocycles. The highest BCUT2D eigenvalue weighted by Gasteiger charge is 2.19. The molecule has 7 nitrogen and oxygen atoms in total. The molecule has 1 N–H and O–H groups in total. The van der Waals surface area contributed by atoms with Crippen LogP contribution in [0.15, 0.2) is 12.1 Å². The minimum Gasteiger partial charge on any atom is -0.469 e. The Morgan fingerprint density at radius 2 is 1.87 bits per heavy atom. The normalized spacial score (nSPS) is 11.7. The maximum Gasteiger partial charge on any atom is 0.308 e. The molecule has 0 aliphatic rings. The van der Waals surface area contributed by atoms with Gasteiger partial charge in [-0.1, -0.05) is 6.92 Å². The highest BCUT2D eigenvalue weighted by Crippen LogP contribution is 2.24. The summed E-state index contributed by atoms with van der Waals surface area (Å²) in [6.45, 7) is 5.42. The van der Waals surface area contributed by atoms with E-state index in [1.165, 1.54) is 19.2 Å². The van der Waals surface area contributed by atoms with E-state index in [1.54, 1.807) is 13.8 Å². The zero-order valence-corrected chi connectivity index (χ0v) is 13.8. The van der Waals surface area contributed by atoms with Gasteiger partial charge in [-0.2, -0.15) is 0 Å². The average Bonchev–Trinajstić information content (AvgIpc) is 2.49. The molecule has 0 fully saturated rings. The summed E-state index contributed by atoms with van der Waals surface area (Å²) in [5, 5.41) is 13.7. The maximum absolute atomic E-state index is 12.1. The molecule has 0 bridgehead atoms. The lowest BCUT2D eigenvalue weighted by atomic mass is 10.0. The first-order chi connectivity index (χ1) is 10.8. The van der Waals surface area contributed by atoms with Crippen molar-refractivity contribution in [3.63, 3.8) is 0 Å². The van der Waals surface area contributed by atoms with Crippen LogP contribution in [0.2, 0.25) is 0 Å². The fourth-order valence-corrected chi connectivity index (χ4v) is 2.49. The number of nitro groups is 1. The lowest BCUT2D eigenvalue weighted by molar-refractivity contribution is -0.386. The van der Waals surface area contributed by atoms with Crippen LogP contribution in [-0.2, 0) is 9.53 Å². The van der Waals surface area contributed by atoms with Gasteiger partial charge in [-0.25, -0.2) is 0 Å². The third kappa shape index (κ3) is 4.77. The SMILES string of the molecule is CCC(CCNC(=O)c1cc(C)c([N+](=O)[O-])c(C)c1)C(=O)OC. The molecule has 0 aliphatic carbocycles. The predicted molar refractivity (Wildman–Crippen MR) is 85.3 cm³/mol. The van der Waals surface area contributed by atoms with Crippen molar-refractivity contribution in [2.45, 2.75) is 33.6 Å². The summed E-state index contributed by atoms with van der Waals surface area (Å²) >= 11 is 0. The number of nitrogens with one attached hydrogen (secondary N) is 1. The van der Waals surface area contributed by atoms with Gasteiger partial charge in [0.25, 0.3) is 11.6 Å². The van der Waals surface area contributed by atoms with Crippen LogP contribution < -0.4 is 5.32 Å². The Labute approximate surface area is 135 Å². The Bertz CT molecular complexity index is 589. The van der Waals surface area contributed by atoms with Gasteiger partial charge in [0.05, 0.1) is 18.0 Å². The van der Waals surface area contributed by atoms with E-state index < -0.39 is 4.92 Å². The first-order valence-electron chi connectivity index (χ1n) is 7.43. The Morgan fingerprint density at radius 1 is 1.30 bits per heavy atom. The van der Waals surface area contributed by atoms with Gasteiger partial charge in [0, 0.05) is 23.2 Å². The summed E-state index contributed by atoms with van der Waals surface area (Å²) in [6.07, 6.45) is 1.12. The van der Waals surface area contributed by atoms with Crippen LogP contribution in [0.25, 0.3) is 0 Å². The summed E-state index contributed by atoms with van der Waals surface area (Å²) < 4.78 is 4.70. The third-order valence-electron chi connectivity index (χ3n) is 3.74. The monoisotopic (exact) mass is 322 g/mol. The van der Waals surface area contributed by atoms with Gasteiger partial charge in [-0.15, -0.1) is 0 Å². The quantitative estimate of drug-likeness (QED) is 0.472. The molecular weight excluding hydrogens is 300 g/mol. The fraction of sp³-hybridized carbons (Fsp3) is 0.500. The molecular formula is C16H22N2O5. The van der Waals surface area contributed by atoms with E-state index >= 15 is 0 Å². The van der Waals surface area contributed by atoms with Crippen LogP contribution in [0.1, 0.15) is 41.3 Å². The van der Waals surface area contributed by atoms with Gasteiger partial charge in [0.2, 0.25) is 0 Å². The molecule has 0 radical (unpaired) electrons. The number of methoxy groups -OCH3 is 1. The number of hydrogen-bond acceptors (Lipinski definition) is 5. The van der Waals surface area contributed by atoms with Gasteiger partial charge >= 0.3 is 5.97 Å². The van der Waals surface area contributed by atoms with Crippen LogP contribution >= 0.6 is 0 Å². The fourth-order valence-electron chi connectivity index (χ4n) is 2.49. The molecule has 0 aromatic heterocycles. The van der Waals surface area contributed by atoms with Gasteiger partial charge < -0.3 is 10.1 Å². The number of ether oxygens (including phenoxy) is 1. The van der Waals surface area contributed by atoms with E-state index in [0.717, 1.165) is 0 Å². The van der Waals surface area contributed by atoms with Gasteiger partial charge in [-0.05, 0) is 38.8 Å². The average molecular weight is 322 g/mol. The highest BCUT2D eigenvalue weighted by molar-refractivity contribution is 5.95. The number of benzene rings is 1. The zero-order valence-electron chi connectivity index (χ0n) is 13.8. The van der Waals surface area contributed by atoms with E-state index in [0.29, 0.717) is 36.1 Å². The minimum atomic E-state index is -0.450. The lowest BCUT2D eigenvalue weighted by Crippen LogP contribution is -2.28. The molecule has 126 valence electrons. The molecule has 0 aliphatic heterocycles. The van der Waals surface area contributed by atoms with Crippen molar-refractivity contribution in [1.29, 1.82) is 0 Å². The van der Waals surface area contributed by atoms with Crippen LogP contribution in [-0.4, -0.2) is 30.5 Å². The van der Waals surface area contributed by atoms with Crippen LogP contribution in [0.3, 0.4) is 0 Å². The second kappa shape index (κ2) is 8.26. The number of carbonyl (C=O) groups is 2. The summed E-state index contributed by atoms with van der Waals surface area (Å²) in [7, 11) is 1.34. The molecule has 1 aromatic rings. The predicted octanol–water partition coefficient (Wildman–Crippen LogP) is 2.53. The molecule has 1 aromatic carbocycles. The Hall–Kier alpha value is -2.44. The maximum atomic E-state index is 12.1. The van der Waals surface area contributed by atoms with E-state index in [2.05, 4.69) is 5.32 Å². The van der Waals surface area contributed by atoms with Crippen molar-refractivity contribution in [2.75, 3.05) is 13.7 Å². The first-order valence-corrected chi connectivity index (χ1v) is 7.43. The smallest absolute Gasteiger partial charge is 0.308 e. The van der Waals surface area contributed by atoms with Gasteiger partial charge in [0.1, 0.15) is 0 Å². The molecule has 0 saturated heterocycles. The second-order valence-electron chi connectivity index (χ2n) is 5.39. The van der Waals surface area contributed by atoms with E-state index in [9.17, 15) is 19.7 Å². The standard InChI is InChI=1S/C16H22N2O5/c1-5-12(16(20)23-4)6-7-17-15(19)13-8-10(2)14(18(21)22)11(3)9-13/h8-9,12H,5-7H2,1-4H3,(H,17,19). The number of hydrogen-bond donors (Lipinski definition) is 1. The van der Waals surface area contributed by atoms with Crippen molar-refractivity contribution < 1.29 is 19.2 Å². The van der Waals surface area contributed by atoms with Crippen molar-refractivity contribution in [2.24, 2.45) is 5.92 Å². The van der Waals surface area contributed by atoms with E-state index in [1.807, 2.05) is 6.92 Å². The Morgan fingerprint density at radius 3 is 2.30 bits per heavy atom. The molecule has 1 unspecified atom stereocenters. The highest BCUT2D eigenvalue weighted by atomic mass is 16.6. The number of esters is 1. The topological polar surface area (TPSA) is 98.5 Å². The molecule has 7 heteroatoms. The molecule has 1 amide bonds. The largest absolute Gasteiger partial charge is 0.469 e. The first kappa shape index (κ1) is 18.6. The molecule has 1 rings (SSSR count). The van der Waals surface area contributed by atoms with E-state index in [-0.39, 0.29) is 23.5 Å². The van der Waals surface area contributed by atoms with Crippen molar-refractivity contribution in [1.82, 2.24) is 5.32 Å². The van der Waals surface area contributed by atoms with Gasteiger partial charge in [0.15, 0.2) is 0 Å². The van der Waals surface area contributed by atoms with Crippen LogP contribution in [0.4, 0.5) is 5.69 Å². The number of carbonyl (C=O) groups excluding carboxylic acids is 2. The van der Waals surface area contributed by atoms with Crippen LogP contribution in [0.5, 0.6) is 0 Å². The van der Waals surface area contributed by atoms with E-state index in [4.69, 9.17) is 4.74 Å². The van der Waals surface area contributed by atoms with Crippen molar-refractivity contribution >= 4 is 17.6 Å². The number of rotatable bonds is 7. The number of nitro benzene ring substituents is 1. The molecule has 0 spiro atoms. The number of amides is 1. The lowest BCUT2D eigenvalue weighted by Gasteiger charge is -2.13. The number of nitrogens with zero attached hydrogens (tertiary/aromatic N) is 1. The van der Waals surface area contributed by atoms with Crippen molar-refractivity contribution in [3.8, 4) is 0 Å². The summed E-state index contributed by atoms with van der Waals surface area (Å²) in [5.41, 5.74) is 1.29. The number of aryl methyl sites for hydroxylation is 2. The van der Waals surface area contributed by atoms with Gasteiger partial charge in [-0.3, -0.25) is 19.7 Å². The molecule has 1 atom stereocenters. The van der Waals surface area contributed by atoms with Crippen molar-refractivity contribution in [3.05, 3.63) is 38.9 Å². The van der Waals surface area contributed by atoms with Crippen LogP contribution in [0, 0.1) is 29.9 Å².